The molecule has 2 aromatic heterocycles. The number of carboxylic acids is 1. The molecule has 1 aliphatic carbocycles. The van der Waals surface area contributed by atoms with Crippen molar-refractivity contribution in [3.8, 4) is 0 Å². The number of hydrogen-bond acceptors (Lipinski definition) is 4. The fourth-order valence-electron chi connectivity index (χ4n) is 4.29. The normalized spacial score (nSPS) is 24.5. The fourth-order valence-corrected chi connectivity index (χ4v) is 4.29. The van der Waals surface area contributed by atoms with Crippen LogP contribution in [0.1, 0.15) is 30.7 Å². The van der Waals surface area contributed by atoms with Crippen molar-refractivity contribution in [3.63, 3.8) is 0 Å². The van der Waals surface area contributed by atoms with E-state index < -0.39 is 29.2 Å². The van der Waals surface area contributed by atoms with E-state index in [1.54, 1.807) is 0 Å². The first kappa shape index (κ1) is 18.5. The van der Waals surface area contributed by atoms with Crippen LogP contribution < -0.4 is 5.32 Å². The zero-order chi connectivity index (χ0) is 20.1. The first-order valence-corrected chi connectivity index (χ1v) is 8.88. The van der Waals surface area contributed by atoms with Gasteiger partial charge in [-0.3, -0.25) is 9.20 Å². The Morgan fingerprint density at radius 1 is 1.32 bits per heavy atom. The molecule has 11 heteroatoms. The molecule has 8 nitrogen and oxygen atoms in total. The molecule has 1 saturated carbocycles. The minimum Gasteiger partial charge on any atom is -0.481 e. The summed E-state index contributed by atoms with van der Waals surface area (Å²) in [6.45, 7) is 0.372. The topological polar surface area (TPSA) is 99.8 Å². The number of carbonyl (C=O) groups is 2. The number of urea groups is 1. The molecule has 1 aliphatic heterocycles. The Kier molecular flexibility index (Phi) is 4.20. The molecule has 2 fully saturated rings. The van der Waals surface area contributed by atoms with Gasteiger partial charge in [-0.25, -0.2) is 4.79 Å². The number of halogens is 3. The van der Waals surface area contributed by atoms with Gasteiger partial charge in [0.1, 0.15) is 0 Å². The summed E-state index contributed by atoms with van der Waals surface area (Å²) in [5, 5.41) is 19.8. The molecular formula is C17H18F3N5O3. The van der Waals surface area contributed by atoms with Crippen molar-refractivity contribution >= 4 is 17.6 Å². The van der Waals surface area contributed by atoms with Crippen molar-refractivity contribution in [3.05, 3.63) is 29.7 Å². The van der Waals surface area contributed by atoms with Gasteiger partial charge in [0.15, 0.2) is 11.5 Å². The first-order valence-electron chi connectivity index (χ1n) is 8.88. The lowest BCUT2D eigenvalue weighted by atomic mass is 9.81. The number of carboxylic acid groups (broad SMARTS) is 1. The molecule has 2 amide bonds. The van der Waals surface area contributed by atoms with Crippen LogP contribution in [0, 0.1) is 11.3 Å². The molecule has 28 heavy (non-hydrogen) atoms. The molecule has 0 bridgehead atoms. The Morgan fingerprint density at radius 3 is 2.79 bits per heavy atom. The average Bonchev–Trinajstić information content (AvgIpc) is 3.30. The lowest BCUT2D eigenvalue weighted by Gasteiger charge is -2.23. The SMILES string of the molecule is O=C(NCc1nnc2ccc(C(F)(F)F)cn12)N1C[C@@H]2CCC[C@@]2(C(=O)O)C1. The highest BCUT2D eigenvalue weighted by atomic mass is 19.4. The lowest BCUT2D eigenvalue weighted by molar-refractivity contribution is -0.149. The van der Waals surface area contributed by atoms with Gasteiger partial charge in [0.05, 0.1) is 17.5 Å². The molecule has 1 saturated heterocycles. The number of aliphatic carboxylic acids is 1. The van der Waals surface area contributed by atoms with Crippen LogP contribution in [0.25, 0.3) is 5.65 Å². The third-order valence-electron chi connectivity index (χ3n) is 5.78. The third-order valence-corrected chi connectivity index (χ3v) is 5.78. The maximum atomic E-state index is 12.9. The van der Waals surface area contributed by atoms with E-state index in [1.165, 1.54) is 15.4 Å². The molecule has 0 spiro atoms. The molecule has 2 N–H and O–H groups in total. The van der Waals surface area contributed by atoms with Gasteiger partial charge in [0.25, 0.3) is 0 Å². The van der Waals surface area contributed by atoms with Gasteiger partial charge in [0, 0.05) is 19.3 Å². The Morgan fingerprint density at radius 2 is 2.11 bits per heavy atom. The van der Waals surface area contributed by atoms with Crippen molar-refractivity contribution in [1.29, 1.82) is 0 Å². The predicted molar refractivity (Wildman–Crippen MR) is 89.2 cm³/mol. The van der Waals surface area contributed by atoms with E-state index in [0.717, 1.165) is 25.1 Å². The fraction of sp³-hybridized carbons (Fsp3) is 0.529. The predicted octanol–water partition coefficient (Wildman–Crippen LogP) is 2.14. The maximum Gasteiger partial charge on any atom is 0.417 e. The number of carbonyl (C=O) groups excluding carboxylic acids is 1. The van der Waals surface area contributed by atoms with Crippen molar-refractivity contribution in [2.45, 2.75) is 32.0 Å². The number of pyridine rings is 1. The molecular weight excluding hydrogens is 379 g/mol. The summed E-state index contributed by atoms with van der Waals surface area (Å²) in [6, 6.07) is 1.67. The Labute approximate surface area is 157 Å². The summed E-state index contributed by atoms with van der Waals surface area (Å²) in [6.07, 6.45) is -1.47. The van der Waals surface area contributed by atoms with Gasteiger partial charge < -0.3 is 15.3 Å². The number of aromatic nitrogens is 3. The van der Waals surface area contributed by atoms with Crippen LogP contribution >= 0.6 is 0 Å². The number of nitrogens with one attached hydrogen (secondary N) is 1. The van der Waals surface area contributed by atoms with Gasteiger partial charge >= 0.3 is 18.2 Å². The van der Waals surface area contributed by atoms with E-state index >= 15 is 0 Å². The van der Waals surface area contributed by atoms with Gasteiger partial charge in [-0.05, 0) is 30.9 Å². The molecule has 4 rings (SSSR count). The van der Waals surface area contributed by atoms with Crippen molar-refractivity contribution in [2.24, 2.45) is 11.3 Å². The van der Waals surface area contributed by atoms with E-state index in [4.69, 9.17) is 0 Å². The zero-order valence-corrected chi connectivity index (χ0v) is 14.7. The number of hydrogen-bond donors (Lipinski definition) is 2. The lowest BCUT2D eigenvalue weighted by Crippen LogP contribution is -2.41. The van der Waals surface area contributed by atoms with Gasteiger partial charge in [-0.1, -0.05) is 6.42 Å². The first-order chi connectivity index (χ1) is 13.2. The van der Waals surface area contributed by atoms with Crippen LogP contribution in [-0.2, 0) is 17.5 Å². The monoisotopic (exact) mass is 397 g/mol. The maximum absolute atomic E-state index is 12.9. The van der Waals surface area contributed by atoms with E-state index in [1.807, 2.05) is 0 Å². The van der Waals surface area contributed by atoms with Crippen molar-refractivity contribution in [1.82, 2.24) is 24.8 Å². The number of likely N-dealkylation sites (tertiary alicyclic amines) is 1. The van der Waals surface area contributed by atoms with Crippen LogP contribution in [0.2, 0.25) is 0 Å². The van der Waals surface area contributed by atoms with E-state index in [-0.39, 0.29) is 30.5 Å². The molecule has 0 aromatic carbocycles. The smallest absolute Gasteiger partial charge is 0.417 e. The Bertz CT molecular complexity index is 944. The number of rotatable bonds is 3. The molecule has 3 heterocycles. The van der Waals surface area contributed by atoms with E-state index in [0.29, 0.717) is 13.0 Å². The van der Waals surface area contributed by atoms with Crippen LogP contribution in [0.15, 0.2) is 18.3 Å². The van der Waals surface area contributed by atoms with Crippen molar-refractivity contribution < 1.29 is 27.9 Å². The van der Waals surface area contributed by atoms with E-state index in [2.05, 4.69) is 15.5 Å². The van der Waals surface area contributed by atoms with E-state index in [9.17, 15) is 27.9 Å². The third kappa shape index (κ3) is 2.94. The summed E-state index contributed by atoms with van der Waals surface area (Å²) in [7, 11) is 0. The highest BCUT2D eigenvalue weighted by molar-refractivity contribution is 5.80. The van der Waals surface area contributed by atoms with Gasteiger partial charge in [-0.2, -0.15) is 13.2 Å². The quantitative estimate of drug-likeness (QED) is 0.827. The molecule has 150 valence electrons. The molecule has 0 radical (unpaired) electrons. The zero-order valence-electron chi connectivity index (χ0n) is 14.7. The second-order valence-electron chi connectivity index (χ2n) is 7.35. The highest BCUT2D eigenvalue weighted by Gasteiger charge is 2.55. The summed E-state index contributed by atoms with van der Waals surface area (Å²) in [5.41, 5.74) is -1.50. The second kappa shape index (κ2) is 6.35. The van der Waals surface area contributed by atoms with Gasteiger partial charge in [-0.15, -0.1) is 10.2 Å². The summed E-state index contributed by atoms with van der Waals surface area (Å²) in [4.78, 5) is 25.6. The highest BCUT2D eigenvalue weighted by Crippen LogP contribution is 2.48. The summed E-state index contributed by atoms with van der Waals surface area (Å²) < 4.78 is 39.9. The van der Waals surface area contributed by atoms with Crippen LogP contribution in [0.4, 0.5) is 18.0 Å². The van der Waals surface area contributed by atoms with Crippen LogP contribution in [0.5, 0.6) is 0 Å². The minimum absolute atomic E-state index is 0.0704. The standard InChI is InChI=1S/C17H18F3N5O3/c18-17(19,20)11-3-4-12-22-23-13(25(12)8-11)6-21-15(28)24-7-10-2-1-5-16(10,9-24)14(26)27/h3-4,8,10H,1-2,5-7,9H2,(H,21,28)(H,26,27)/t10-,16+/m0/s1. The summed E-state index contributed by atoms with van der Waals surface area (Å²) in [5.74, 6) is -0.797. The largest absolute Gasteiger partial charge is 0.481 e. The number of fused-ring (bicyclic) bond motifs is 2. The molecule has 0 unspecified atom stereocenters. The van der Waals surface area contributed by atoms with Crippen LogP contribution in [0.3, 0.4) is 0 Å². The molecule has 2 atom stereocenters. The Balaban J connectivity index is 1.46. The van der Waals surface area contributed by atoms with Gasteiger partial charge in [0.2, 0.25) is 0 Å². The van der Waals surface area contributed by atoms with Crippen LogP contribution in [-0.4, -0.2) is 49.7 Å². The molecule has 2 aliphatic rings. The number of alkyl halides is 3. The average molecular weight is 397 g/mol. The molecule has 2 aromatic rings. The number of nitrogens with zero attached hydrogens (tertiary/aromatic N) is 4. The summed E-state index contributed by atoms with van der Waals surface area (Å²) >= 11 is 0. The number of amides is 2. The second-order valence-corrected chi connectivity index (χ2v) is 7.35. The van der Waals surface area contributed by atoms with Crippen molar-refractivity contribution in [2.75, 3.05) is 13.1 Å². The minimum atomic E-state index is -4.50. The Hall–Kier alpha value is -2.85.